The zero-order valence-electron chi connectivity index (χ0n) is 24.0. The molecule has 0 spiro atoms. The summed E-state index contributed by atoms with van der Waals surface area (Å²) in [6, 6.07) is 11.7. The summed E-state index contributed by atoms with van der Waals surface area (Å²) in [6.07, 6.45) is 3.85. The zero-order chi connectivity index (χ0) is 29.1. The first kappa shape index (κ1) is 28.3. The van der Waals surface area contributed by atoms with E-state index < -0.39 is 0 Å². The number of rotatable bonds is 8. The minimum absolute atomic E-state index is 0.0513. The lowest BCUT2D eigenvalue weighted by atomic mass is 9.96. The molecule has 1 aromatic carbocycles. The van der Waals surface area contributed by atoms with E-state index in [2.05, 4.69) is 40.8 Å². The highest BCUT2D eigenvalue weighted by Crippen LogP contribution is 2.26. The van der Waals surface area contributed by atoms with Gasteiger partial charge >= 0.3 is 6.03 Å². The topological polar surface area (TPSA) is 107 Å². The van der Waals surface area contributed by atoms with Crippen LogP contribution in [-0.2, 0) is 11.3 Å². The van der Waals surface area contributed by atoms with Crippen molar-refractivity contribution in [1.82, 2.24) is 34.1 Å². The quantitative estimate of drug-likeness (QED) is 0.424. The average Bonchev–Trinajstić information content (AvgIpc) is 2.96. The minimum Gasteiger partial charge on any atom is -0.338 e. The third-order valence-corrected chi connectivity index (χ3v) is 8.07. The molecule has 2 saturated heterocycles. The van der Waals surface area contributed by atoms with Crippen LogP contribution < -0.4 is 10.9 Å². The number of nitrogens with one attached hydrogen (secondary N) is 1. The number of amides is 3. The van der Waals surface area contributed by atoms with Crippen LogP contribution in [0.1, 0.15) is 24.9 Å². The van der Waals surface area contributed by atoms with Gasteiger partial charge in [0.25, 0.3) is 5.56 Å². The number of urea groups is 1. The Balaban J connectivity index is 1.26. The number of anilines is 2. The fraction of sp³-hybridized carbons (Fsp3) is 0.433. The van der Waals surface area contributed by atoms with Crippen molar-refractivity contribution >= 4 is 34.6 Å². The maximum Gasteiger partial charge on any atom is 0.319 e. The number of pyridine rings is 1. The van der Waals surface area contributed by atoms with Gasteiger partial charge in [-0.15, -0.1) is 0 Å². The molecule has 0 aliphatic carbocycles. The highest BCUT2D eigenvalue weighted by Gasteiger charge is 2.29. The van der Waals surface area contributed by atoms with Gasteiger partial charge in [-0.3, -0.25) is 19.1 Å². The van der Waals surface area contributed by atoms with E-state index in [9.17, 15) is 14.4 Å². The van der Waals surface area contributed by atoms with E-state index in [1.807, 2.05) is 17.0 Å². The number of likely N-dealkylation sites (tertiary alicyclic amines) is 1. The van der Waals surface area contributed by atoms with Gasteiger partial charge < -0.3 is 20.0 Å². The molecule has 0 radical (unpaired) electrons. The van der Waals surface area contributed by atoms with E-state index in [4.69, 9.17) is 4.98 Å². The molecular formula is C30H38N8O3. The molecule has 0 bridgehead atoms. The molecule has 1 N–H and O–H groups in total. The van der Waals surface area contributed by atoms with Crippen LogP contribution in [0.4, 0.5) is 16.4 Å². The molecule has 3 amide bonds. The Bertz CT molecular complexity index is 1490. The Kier molecular flexibility index (Phi) is 8.34. The van der Waals surface area contributed by atoms with Crippen LogP contribution in [-0.4, -0.2) is 99.4 Å². The number of piperazine rings is 1. The molecule has 2 aliphatic heterocycles. The Labute approximate surface area is 240 Å². The summed E-state index contributed by atoms with van der Waals surface area (Å²) in [4.78, 5) is 53.7. The van der Waals surface area contributed by atoms with Crippen molar-refractivity contribution in [3.63, 3.8) is 0 Å². The molecule has 3 aromatic rings. The molecule has 4 heterocycles. The maximum absolute atomic E-state index is 12.8. The number of aryl methyl sites for hydroxylation is 1. The van der Waals surface area contributed by atoms with E-state index in [-0.39, 0.29) is 23.5 Å². The van der Waals surface area contributed by atoms with Gasteiger partial charge in [0, 0.05) is 89.3 Å². The van der Waals surface area contributed by atoms with Crippen LogP contribution in [0.15, 0.2) is 60.0 Å². The summed E-state index contributed by atoms with van der Waals surface area (Å²) in [7, 11) is 3.57. The van der Waals surface area contributed by atoms with Crippen LogP contribution in [0, 0.1) is 5.92 Å². The average molecular weight is 559 g/mol. The van der Waals surface area contributed by atoms with Gasteiger partial charge in [0.05, 0.1) is 0 Å². The van der Waals surface area contributed by atoms with Gasteiger partial charge in [-0.25, -0.2) is 9.78 Å². The largest absolute Gasteiger partial charge is 0.338 e. The first-order chi connectivity index (χ1) is 19.7. The highest BCUT2D eigenvalue weighted by molar-refractivity contribution is 5.87. The van der Waals surface area contributed by atoms with Crippen LogP contribution in [0.25, 0.3) is 11.0 Å². The summed E-state index contributed by atoms with van der Waals surface area (Å²) in [6.45, 7) is 10.7. The van der Waals surface area contributed by atoms with Crippen molar-refractivity contribution in [2.45, 2.75) is 25.9 Å². The summed E-state index contributed by atoms with van der Waals surface area (Å²) in [5.41, 5.74) is 2.50. The van der Waals surface area contributed by atoms with Gasteiger partial charge in [-0.1, -0.05) is 18.7 Å². The van der Waals surface area contributed by atoms with E-state index >= 15 is 0 Å². The number of carbonyl (C=O) groups is 2. The maximum atomic E-state index is 12.8. The van der Waals surface area contributed by atoms with Crippen LogP contribution in [0.3, 0.4) is 0 Å². The van der Waals surface area contributed by atoms with Crippen molar-refractivity contribution in [3.05, 3.63) is 71.2 Å². The first-order valence-electron chi connectivity index (χ1n) is 14.1. The summed E-state index contributed by atoms with van der Waals surface area (Å²) < 4.78 is 1.69. The molecule has 2 aromatic heterocycles. The number of nitrogens with zero attached hydrogens (tertiary/aromatic N) is 7. The Hall–Kier alpha value is -4.25. The molecule has 216 valence electrons. The smallest absolute Gasteiger partial charge is 0.319 e. The van der Waals surface area contributed by atoms with Gasteiger partial charge in [0.2, 0.25) is 11.9 Å². The number of hydrogen-bond acceptors (Lipinski definition) is 7. The minimum atomic E-state index is -0.108. The Morgan fingerprint density at radius 1 is 1.12 bits per heavy atom. The lowest BCUT2D eigenvalue weighted by Crippen LogP contribution is -2.51. The second-order valence-corrected chi connectivity index (χ2v) is 11.0. The van der Waals surface area contributed by atoms with E-state index in [1.165, 1.54) is 6.08 Å². The normalized spacial score (nSPS) is 16.8. The third-order valence-electron chi connectivity index (χ3n) is 8.07. The number of hydrogen-bond donors (Lipinski definition) is 1. The molecule has 11 nitrogen and oxygen atoms in total. The van der Waals surface area contributed by atoms with Crippen molar-refractivity contribution in [2.24, 2.45) is 5.92 Å². The lowest BCUT2D eigenvalue weighted by molar-refractivity contribution is -0.132. The van der Waals surface area contributed by atoms with Crippen LogP contribution >= 0.6 is 0 Å². The summed E-state index contributed by atoms with van der Waals surface area (Å²) in [5, 5.41) is 4.11. The fourth-order valence-electron chi connectivity index (χ4n) is 5.52. The molecule has 41 heavy (non-hydrogen) atoms. The second kappa shape index (κ2) is 12.1. The molecule has 2 fully saturated rings. The number of benzene rings is 1. The third kappa shape index (κ3) is 6.25. The summed E-state index contributed by atoms with van der Waals surface area (Å²) in [5.74, 6) is 0.718. The van der Waals surface area contributed by atoms with Crippen molar-refractivity contribution in [2.75, 3.05) is 58.7 Å². The SMILES string of the molecule is C=CC(=O)N1CC(CCn2c(=O)ccc3cnc(Nc4cccc(C(C)N5CCN(C(=O)N(C)C)CC5)c4)nc32)C1. The summed E-state index contributed by atoms with van der Waals surface area (Å²) >= 11 is 0. The van der Waals surface area contributed by atoms with Crippen molar-refractivity contribution in [3.8, 4) is 0 Å². The molecule has 1 unspecified atom stereocenters. The van der Waals surface area contributed by atoms with E-state index in [0.29, 0.717) is 50.2 Å². The molecule has 0 saturated carbocycles. The van der Waals surface area contributed by atoms with Crippen molar-refractivity contribution < 1.29 is 9.59 Å². The molecular weight excluding hydrogens is 520 g/mol. The number of carbonyl (C=O) groups excluding carboxylic acids is 2. The van der Waals surface area contributed by atoms with Crippen LogP contribution in [0.5, 0.6) is 0 Å². The van der Waals surface area contributed by atoms with Gasteiger partial charge in [0.1, 0.15) is 5.65 Å². The second-order valence-electron chi connectivity index (χ2n) is 11.0. The van der Waals surface area contributed by atoms with E-state index in [1.54, 1.807) is 46.8 Å². The predicted molar refractivity (Wildman–Crippen MR) is 159 cm³/mol. The van der Waals surface area contributed by atoms with E-state index in [0.717, 1.165) is 36.1 Å². The Morgan fingerprint density at radius 3 is 2.59 bits per heavy atom. The number of fused-ring (bicyclic) bond motifs is 1. The monoisotopic (exact) mass is 558 g/mol. The number of aromatic nitrogens is 3. The molecule has 11 heteroatoms. The lowest BCUT2D eigenvalue weighted by Gasteiger charge is -2.39. The van der Waals surface area contributed by atoms with Crippen LogP contribution in [0.2, 0.25) is 0 Å². The molecule has 5 rings (SSSR count). The first-order valence-corrected chi connectivity index (χ1v) is 14.1. The Morgan fingerprint density at radius 2 is 1.88 bits per heavy atom. The molecule has 2 aliphatic rings. The highest BCUT2D eigenvalue weighted by atomic mass is 16.2. The van der Waals surface area contributed by atoms with Gasteiger partial charge in [-0.2, -0.15) is 4.98 Å². The fourth-order valence-corrected chi connectivity index (χ4v) is 5.52. The zero-order valence-corrected chi connectivity index (χ0v) is 24.0. The standard InChI is InChI=1S/C30H38N8O3/c1-5-26(39)37-19-22(20-37)11-12-38-27(40)10-9-24-18-31-29(33-28(24)38)32-25-8-6-7-23(17-25)21(2)35-13-15-36(16-14-35)30(41)34(3)4/h5-10,17-18,21-22H,1,11-16,19-20H2,2-4H3,(H,31,32,33). The predicted octanol–water partition coefficient (Wildman–Crippen LogP) is 2.93. The van der Waals surface area contributed by atoms with Crippen molar-refractivity contribution in [1.29, 1.82) is 0 Å². The molecule has 1 atom stereocenters. The van der Waals surface area contributed by atoms with Gasteiger partial charge in [-0.05, 0) is 49.1 Å². The van der Waals surface area contributed by atoms with Gasteiger partial charge in [0.15, 0.2) is 0 Å².